The van der Waals surface area contributed by atoms with Gasteiger partial charge in [-0.25, -0.2) is 4.39 Å². The summed E-state index contributed by atoms with van der Waals surface area (Å²) in [6.45, 7) is 0.529. The molecule has 0 heterocycles. The highest BCUT2D eigenvalue weighted by molar-refractivity contribution is 6.30. The normalized spacial score (nSPS) is 10.2. The number of halogens is 2. The predicted molar refractivity (Wildman–Crippen MR) is 71.7 cm³/mol. The number of benzene rings is 2. The highest BCUT2D eigenvalue weighted by atomic mass is 35.5. The summed E-state index contributed by atoms with van der Waals surface area (Å²) in [5, 5.41) is 3.71. The fourth-order valence-corrected chi connectivity index (χ4v) is 1.69. The van der Waals surface area contributed by atoms with Gasteiger partial charge in [0.05, 0.1) is 12.8 Å². The smallest absolute Gasteiger partial charge is 0.146 e. The van der Waals surface area contributed by atoms with Crippen molar-refractivity contribution >= 4 is 17.3 Å². The van der Waals surface area contributed by atoms with Crippen LogP contribution in [-0.4, -0.2) is 7.11 Å². The highest BCUT2D eigenvalue weighted by Crippen LogP contribution is 2.21. The lowest BCUT2D eigenvalue weighted by Gasteiger charge is -2.09. The van der Waals surface area contributed by atoms with Gasteiger partial charge in [-0.2, -0.15) is 0 Å². The maximum Gasteiger partial charge on any atom is 0.146 e. The van der Waals surface area contributed by atoms with E-state index in [0.717, 1.165) is 5.56 Å². The maximum atomic E-state index is 13.5. The molecule has 2 aromatic rings. The monoisotopic (exact) mass is 265 g/mol. The second kappa shape index (κ2) is 5.74. The van der Waals surface area contributed by atoms with Crippen molar-refractivity contribution in [2.75, 3.05) is 12.4 Å². The Morgan fingerprint density at radius 3 is 2.56 bits per heavy atom. The van der Waals surface area contributed by atoms with Gasteiger partial charge in [-0.15, -0.1) is 0 Å². The molecule has 0 aliphatic carbocycles. The van der Waals surface area contributed by atoms with Crippen LogP contribution in [0.25, 0.3) is 0 Å². The summed E-state index contributed by atoms with van der Waals surface area (Å²) in [5.41, 5.74) is 1.45. The Bertz CT molecular complexity index is 528. The van der Waals surface area contributed by atoms with Crippen LogP contribution in [0.2, 0.25) is 5.02 Å². The number of ether oxygens (including phenoxy) is 1. The minimum Gasteiger partial charge on any atom is -0.497 e. The van der Waals surface area contributed by atoms with E-state index in [0.29, 0.717) is 23.0 Å². The first-order chi connectivity index (χ1) is 8.69. The van der Waals surface area contributed by atoms with Crippen molar-refractivity contribution in [1.29, 1.82) is 0 Å². The van der Waals surface area contributed by atoms with Crippen LogP contribution in [0, 0.1) is 5.82 Å². The van der Waals surface area contributed by atoms with E-state index in [1.165, 1.54) is 6.07 Å². The minimum absolute atomic E-state index is 0.301. The van der Waals surface area contributed by atoms with E-state index >= 15 is 0 Å². The second-order valence-corrected chi connectivity index (χ2v) is 4.26. The Morgan fingerprint density at radius 1 is 1.17 bits per heavy atom. The second-order valence-electron chi connectivity index (χ2n) is 3.83. The fourth-order valence-electron chi connectivity index (χ4n) is 1.57. The molecule has 2 aromatic carbocycles. The fraction of sp³-hybridized carbons (Fsp3) is 0.143. The number of nitrogens with one attached hydrogen (secondary N) is 1. The first-order valence-electron chi connectivity index (χ1n) is 5.51. The molecule has 0 aliphatic rings. The van der Waals surface area contributed by atoms with E-state index in [-0.39, 0.29) is 5.82 Å². The molecule has 0 saturated heterocycles. The molecule has 4 heteroatoms. The summed E-state index contributed by atoms with van der Waals surface area (Å²) in [6.07, 6.45) is 0. The van der Waals surface area contributed by atoms with Crippen LogP contribution < -0.4 is 10.1 Å². The van der Waals surface area contributed by atoms with E-state index in [1.807, 2.05) is 12.1 Å². The van der Waals surface area contributed by atoms with Crippen LogP contribution in [0.4, 0.5) is 10.1 Å². The largest absolute Gasteiger partial charge is 0.497 e. The SMILES string of the molecule is COc1ccc(F)c(NCc2ccc(Cl)cc2)c1. The Morgan fingerprint density at radius 2 is 1.89 bits per heavy atom. The number of rotatable bonds is 4. The van der Waals surface area contributed by atoms with Gasteiger partial charge in [0, 0.05) is 17.6 Å². The third kappa shape index (κ3) is 3.14. The zero-order valence-electron chi connectivity index (χ0n) is 9.91. The van der Waals surface area contributed by atoms with Crippen molar-refractivity contribution < 1.29 is 9.13 Å². The lowest BCUT2D eigenvalue weighted by atomic mass is 10.2. The number of anilines is 1. The molecule has 0 fully saturated rings. The summed E-state index contributed by atoms with van der Waals surface area (Å²) in [7, 11) is 1.55. The first-order valence-corrected chi connectivity index (χ1v) is 5.88. The van der Waals surface area contributed by atoms with Gasteiger partial charge in [-0.3, -0.25) is 0 Å². The molecule has 94 valence electrons. The van der Waals surface area contributed by atoms with Crippen LogP contribution >= 0.6 is 11.6 Å². The Labute approximate surface area is 110 Å². The van der Waals surface area contributed by atoms with Crippen molar-refractivity contribution in [3.8, 4) is 5.75 Å². The van der Waals surface area contributed by atoms with Crippen molar-refractivity contribution in [3.63, 3.8) is 0 Å². The summed E-state index contributed by atoms with van der Waals surface area (Å²) in [6, 6.07) is 12.0. The lowest BCUT2D eigenvalue weighted by Crippen LogP contribution is -2.01. The summed E-state index contributed by atoms with van der Waals surface area (Å²) in [4.78, 5) is 0. The topological polar surface area (TPSA) is 21.3 Å². The average molecular weight is 266 g/mol. The minimum atomic E-state index is -0.301. The molecule has 0 amide bonds. The molecular formula is C14H13ClFNO. The summed E-state index contributed by atoms with van der Waals surface area (Å²) in [5.74, 6) is 0.319. The molecule has 0 radical (unpaired) electrons. The van der Waals surface area contributed by atoms with Gasteiger partial charge in [0.1, 0.15) is 11.6 Å². The van der Waals surface area contributed by atoms with Gasteiger partial charge >= 0.3 is 0 Å². The van der Waals surface area contributed by atoms with E-state index < -0.39 is 0 Å². The zero-order valence-corrected chi connectivity index (χ0v) is 10.7. The van der Waals surface area contributed by atoms with Crippen LogP contribution in [0.15, 0.2) is 42.5 Å². The van der Waals surface area contributed by atoms with Crippen molar-refractivity contribution in [2.24, 2.45) is 0 Å². The van der Waals surface area contributed by atoms with E-state index in [9.17, 15) is 4.39 Å². The van der Waals surface area contributed by atoms with Crippen molar-refractivity contribution in [3.05, 3.63) is 58.9 Å². The van der Waals surface area contributed by atoms with Crippen LogP contribution in [0.1, 0.15) is 5.56 Å². The number of hydrogen-bond acceptors (Lipinski definition) is 2. The van der Waals surface area contributed by atoms with Crippen molar-refractivity contribution in [2.45, 2.75) is 6.54 Å². The number of methoxy groups -OCH3 is 1. The maximum absolute atomic E-state index is 13.5. The van der Waals surface area contributed by atoms with Gasteiger partial charge in [-0.05, 0) is 29.8 Å². The third-order valence-corrected chi connectivity index (χ3v) is 2.82. The number of hydrogen-bond donors (Lipinski definition) is 1. The molecule has 0 unspecified atom stereocenters. The van der Waals surface area contributed by atoms with E-state index in [4.69, 9.17) is 16.3 Å². The van der Waals surface area contributed by atoms with Gasteiger partial charge < -0.3 is 10.1 Å². The van der Waals surface area contributed by atoms with Gasteiger partial charge in [-0.1, -0.05) is 23.7 Å². The molecule has 0 bridgehead atoms. The molecule has 2 rings (SSSR count). The van der Waals surface area contributed by atoms with Gasteiger partial charge in [0.25, 0.3) is 0 Å². The standard InChI is InChI=1S/C14H13ClFNO/c1-18-12-6-7-13(16)14(8-12)17-9-10-2-4-11(15)5-3-10/h2-8,17H,9H2,1H3. The third-order valence-electron chi connectivity index (χ3n) is 2.57. The molecule has 18 heavy (non-hydrogen) atoms. The van der Waals surface area contributed by atoms with Crippen LogP contribution in [0.5, 0.6) is 5.75 Å². The molecule has 0 aliphatic heterocycles. The molecule has 0 atom stereocenters. The average Bonchev–Trinajstić information content (AvgIpc) is 2.40. The van der Waals surface area contributed by atoms with Crippen LogP contribution in [0.3, 0.4) is 0 Å². The molecule has 0 saturated carbocycles. The van der Waals surface area contributed by atoms with E-state index in [2.05, 4.69) is 5.32 Å². The molecule has 0 spiro atoms. The summed E-state index contributed by atoms with van der Waals surface area (Å²) < 4.78 is 18.6. The van der Waals surface area contributed by atoms with E-state index in [1.54, 1.807) is 31.4 Å². The van der Waals surface area contributed by atoms with Crippen molar-refractivity contribution in [1.82, 2.24) is 0 Å². The quantitative estimate of drug-likeness (QED) is 0.899. The predicted octanol–water partition coefficient (Wildman–Crippen LogP) is 4.10. The Kier molecular flexibility index (Phi) is 4.05. The molecule has 0 aromatic heterocycles. The first kappa shape index (κ1) is 12.7. The van der Waals surface area contributed by atoms with Crippen LogP contribution in [-0.2, 0) is 6.54 Å². The molecular weight excluding hydrogens is 253 g/mol. The molecule has 1 N–H and O–H groups in total. The highest BCUT2D eigenvalue weighted by Gasteiger charge is 2.03. The Hall–Kier alpha value is -1.74. The Balaban J connectivity index is 2.07. The lowest BCUT2D eigenvalue weighted by molar-refractivity contribution is 0.414. The van der Waals surface area contributed by atoms with Gasteiger partial charge in [0.15, 0.2) is 0 Å². The molecule has 2 nitrogen and oxygen atoms in total. The zero-order chi connectivity index (χ0) is 13.0. The van der Waals surface area contributed by atoms with Gasteiger partial charge in [0.2, 0.25) is 0 Å². The summed E-state index contributed by atoms with van der Waals surface area (Å²) >= 11 is 5.80.